The van der Waals surface area contributed by atoms with E-state index in [1.54, 1.807) is 66.7 Å². The maximum Gasteiger partial charge on any atom is 0.494 e. The first-order chi connectivity index (χ1) is 59.4. The average Bonchev–Trinajstić information content (AvgIpc) is 1.45. The fourth-order valence-corrected chi connectivity index (χ4v) is 19.9. The Morgan fingerprint density at radius 2 is 0.912 bits per heavy atom. The van der Waals surface area contributed by atoms with Crippen molar-refractivity contribution >= 4 is 143 Å². The number of nitrogens with two attached hydrogens (primary N) is 1. The minimum Gasteiger partial charge on any atom is -0.481 e. The summed E-state index contributed by atoms with van der Waals surface area (Å²) in [7, 11) is 1.16. The quantitative estimate of drug-likeness (QED) is 0.0362. The molecule has 0 radical (unpaired) electrons. The number of halogens is 6. The number of aromatic nitrogens is 9. The number of rotatable bonds is 22. The Morgan fingerprint density at radius 3 is 1.38 bits per heavy atom. The number of benzene rings is 6. The fraction of sp³-hybridized carbons (Fsp3) is 0.360. The molecule has 6 aromatic heterocycles. The van der Waals surface area contributed by atoms with Crippen molar-refractivity contribution in [1.82, 2.24) is 54.7 Å². The number of aryl methyl sites for hydroxylation is 3. The van der Waals surface area contributed by atoms with Crippen LogP contribution in [0.2, 0.25) is 15.1 Å². The van der Waals surface area contributed by atoms with E-state index in [9.17, 15) is 34.0 Å². The largest absolute Gasteiger partial charge is 0.494 e. The third-order valence-corrected chi connectivity index (χ3v) is 28.6. The molecule has 0 atom stereocenters. The van der Waals surface area contributed by atoms with E-state index in [1.165, 1.54) is 102 Å². The highest BCUT2D eigenvalue weighted by Crippen LogP contribution is 2.40. The standard InChI is InChI=1S/C30H35ClN6O3S.C23H19ClFN3O3S.C16H20BFN2O2.C12H10BrClN2O3S.C8H18N2/c1-5-19-16-20(17-21-18-32-30(35-28(19)21)33-22-10-12-23(13-11-22)37(2)3)24-14-15-27(34-29(24)40-4)36-41(38,39)26-9-7-6-8-25(26)31;1-3-14-10-15(11-16-12-26-23(25)28-21(14)16)18-9-8-17(27-22(18)31-2)13-32(29,30)20-7-5-4-6-19(20)24;1-6-10-7-12(8-11-9-19-14(18)20-13(10)11)17-21-15(2,3)16(4,5)22-17;1-19-12-8(13)6-7-11(15-12)16-20(17,18)10-5-3-2-4-9(10)14;1-10(2)8-5-3-7(9)4-6-8/h6-9,14-18,22-23H,5,10-13H2,1-4H3,(H,34,36)(H,32,33,35);4-12H,3,13H2,1-2H3;7-9H,6H2,1-5H3;2-7H,1H3,(H,15,16);7-8H,3-6,9H2,1-2H3. The van der Waals surface area contributed by atoms with E-state index in [-0.39, 0.29) is 58.9 Å². The van der Waals surface area contributed by atoms with Crippen molar-refractivity contribution in [3.63, 3.8) is 0 Å². The molecule has 15 rings (SSSR count). The summed E-state index contributed by atoms with van der Waals surface area (Å²) in [6, 6.07) is 42.7. The SMILES string of the molecule is CCc1cc(-c2ccc(CS(=O)(=O)c3ccccc3Cl)nc2OC)cc2cnc(F)nc12.CCc1cc(-c2ccc(NS(=O)(=O)c3ccccc3Cl)nc2OC)cc2cnc(NC3CCC(N(C)C)CC3)nc12.CCc1cc(B2OC(C)(C)C(C)(C)O2)cc2cnc(F)nc12.CN(C)C1CCC(N)CC1.COc1nc(NS(=O)(=O)c2ccccc2Cl)ccc1Br. The highest BCUT2D eigenvalue weighted by Gasteiger charge is 2.52. The van der Waals surface area contributed by atoms with Crippen molar-refractivity contribution in [1.29, 1.82) is 0 Å². The minimum atomic E-state index is -3.93. The second kappa shape index (κ2) is 42.0. The lowest BCUT2D eigenvalue weighted by Crippen LogP contribution is -2.41. The molecule has 0 spiro atoms. The monoisotopic (exact) mass is 1890 g/mol. The van der Waals surface area contributed by atoms with Crippen LogP contribution in [0.25, 0.3) is 55.0 Å². The van der Waals surface area contributed by atoms with Crippen LogP contribution in [-0.2, 0) is 64.2 Å². The Kier molecular flexibility index (Phi) is 32.3. The van der Waals surface area contributed by atoms with Crippen LogP contribution in [0.15, 0.2) is 183 Å². The predicted octanol–water partition coefficient (Wildman–Crippen LogP) is 17.8. The predicted molar refractivity (Wildman–Crippen MR) is 495 cm³/mol. The molecule has 125 heavy (non-hydrogen) atoms. The fourth-order valence-electron chi connectivity index (χ4n) is 14.6. The van der Waals surface area contributed by atoms with Crippen LogP contribution >= 0.6 is 50.7 Å². The smallest absolute Gasteiger partial charge is 0.481 e. The third-order valence-electron chi connectivity index (χ3n) is 22.2. The number of pyridine rings is 3. The van der Waals surface area contributed by atoms with Gasteiger partial charge in [-0.05, 0) is 273 Å². The number of sulfonamides is 2. The molecule has 36 heteroatoms. The van der Waals surface area contributed by atoms with Gasteiger partial charge in [0.1, 0.15) is 21.4 Å². The minimum absolute atomic E-state index is 0.00893. The van der Waals surface area contributed by atoms with E-state index in [0.717, 1.165) is 99.7 Å². The Balaban J connectivity index is 0.000000161. The number of nitrogens with zero attached hydrogens (tertiary/aromatic N) is 11. The van der Waals surface area contributed by atoms with E-state index in [1.807, 2.05) is 78.1 Å². The van der Waals surface area contributed by atoms with Crippen molar-refractivity contribution in [3.05, 3.63) is 218 Å². The van der Waals surface area contributed by atoms with E-state index in [4.69, 9.17) is 69.0 Å². The molecule has 662 valence electrons. The first-order valence-electron chi connectivity index (χ1n) is 40.6. The Bertz CT molecular complexity index is 6190. The lowest BCUT2D eigenvalue weighted by molar-refractivity contribution is 0.00578. The Morgan fingerprint density at radius 1 is 0.504 bits per heavy atom. The molecular weight excluding hydrogens is 1790 g/mol. The number of hydrogen-bond acceptors (Lipinski definition) is 24. The van der Waals surface area contributed by atoms with Gasteiger partial charge in [0.2, 0.25) is 23.6 Å². The van der Waals surface area contributed by atoms with Crippen molar-refractivity contribution in [2.45, 2.75) is 175 Å². The van der Waals surface area contributed by atoms with E-state index in [2.05, 4.69) is 122 Å². The highest BCUT2D eigenvalue weighted by molar-refractivity contribution is 9.10. The number of ether oxygens (including phenoxy) is 3. The summed E-state index contributed by atoms with van der Waals surface area (Å²) in [6.45, 7) is 14.2. The zero-order valence-electron chi connectivity index (χ0n) is 71.9. The summed E-state index contributed by atoms with van der Waals surface area (Å²) in [5.74, 6) is 1.45. The molecule has 1 aliphatic heterocycles. The van der Waals surface area contributed by atoms with Gasteiger partial charge < -0.3 is 44.4 Å². The second-order valence-corrected chi connectivity index (χ2v) is 38.9. The van der Waals surface area contributed by atoms with Crippen molar-refractivity contribution < 1.29 is 57.6 Å². The lowest BCUT2D eigenvalue weighted by Gasteiger charge is -2.32. The van der Waals surface area contributed by atoms with Crippen molar-refractivity contribution in [3.8, 4) is 39.9 Å². The first kappa shape index (κ1) is 96.2. The van der Waals surface area contributed by atoms with E-state index >= 15 is 0 Å². The van der Waals surface area contributed by atoms with Gasteiger partial charge in [-0.15, -0.1) is 0 Å². The number of fused-ring (bicyclic) bond motifs is 3. The number of hydrogen-bond donors (Lipinski definition) is 4. The van der Waals surface area contributed by atoms with Crippen molar-refractivity contribution in [2.24, 2.45) is 5.73 Å². The molecule has 1 saturated heterocycles. The van der Waals surface area contributed by atoms with Gasteiger partial charge in [0.15, 0.2) is 9.84 Å². The number of nitrogens with one attached hydrogen (secondary N) is 3. The van der Waals surface area contributed by atoms with E-state index in [0.29, 0.717) is 68.5 Å². The molecule has 0 amide bonds. The summed E-state index contributed by atoms with van der Waals surface area (Å²) in [5.41, 5.74) is 14.3. The van der Waals surface area contributed by atoms with Crippen LogP contribution in [0, 0.1) is 12.2 Å². The molecule has 3 fully saturated rings. The van der Waals surface area contributed by atoms with Gasteiger partial charge >= 0.3 is 19.3 Å². The summed E-state index contributed by atoms with van der Waals surface area (Å²) in [6.07, 6.45) is 15.0. The maximum atomic E-state index is 13.5. The van der Waals surface area contributed by atoms with Gasteiger partial charge in [0.25, 0.3) is 20.0 Å². The Labute approximate surface area is 753 Å². The van der Waals surface area contributed by atoms with Gasteiger partial charge in [0.05, 0.1) is 85.0 Å². The van der Waals surface area contributed by atoms with Gasteiger partial charge in [0, 0.05) is 70.0 Å². The van der Waals surface area contributed by atoms with E-state index < -0.39 is 60.4 Å². The topological polar surface area (TPSA) is 333 Å². The van der Waals surface area contributed by atoms with Crippen LogP contribution in [0.5, 0.6) is 17.6 Å². The Hall–Kier alpha value is -9.49. The molecule has 0 bridgehead atoms. The first-order valence-corrected chi connectivity index (χ1v) is 47.1. The summed E-state index contributed by atoms with van der Waals surface area (Å²) < 4.78 is 136. The molecule has 6 aromatic carbocycles. The second-order valence-electron chi connectivity index (χ2n) is 31.6. The zero-order valence-corrected chi connectivity index (χ0v) is 78.2. The van der Waals surface area contributed by atoms with Gasteiger partial charge in [-0.1, -0.05) is 104 Å². The van der Waals surface area contributed by atoms with Crippen LogP contribution in [0.4, 0.5) is 26.4 Å². The molecular formula is C89H102BBrCl3F2N15O11S3. The third kappa shape index (κ3) is 24.1. The molecule has 3 aliphatic rings. The van der Waals surface area contributed by atoms with Crippen LogP contribution < -0.4 is 40.2 Å². The molecule has 0 unspecified atom stereocenters. The van der Waals surface area contributed by atoms with Crippen molar-refractivity contribution in [2.75, 3.05) is 64.3 Å². The van der Waals surface area contributed by atoms with Gasteiger partial charge in [-0.25, -0.2) is 60.1 Å². The molecule has 5 N–H and O–H groups in total. The molecule has 2 aliphatic carbocycles. The number of sulfone groups is 1. The molecule has 12 aromatic rings. The summed E-state index contributed by atoms with van der Waals surface area (Å²) >= 11 is 21.3. The maximum absolute atomic E-state index is 13.5. The molecule has 7 heterocycles. The summed E-state index contributed by atoms with van der Waals surface area (Å²) in [5, 5.41) is 6.38. The number of methoxy groups -OCH3 is 3. The highest BCUT2D eigenvalue weighted by atomic mass is 79.9. The van der Waals surface area contributed by atoms with Crippen LogP contribution in [-0.4, -0.2) is 172 Å². The zero-order chi connectivity index (χ0) is 90.5. The van der Waals surface area contributed by atoms with Gasteiger partial charge in [-0.2, -0.15) is 18.7 Å². The summed E-state index contributed by atoms with van der Waals surface area (Å²) in [4.78, 5) is 42.2. The molecule has 26 nitrogen and oxygen atoms in total. The lowest BCUT2D eigenvalue weighted by atomic mass is 9.77. The van der Waals surface area contributed by atoms with Gasteiger partial charge in [-0.3, -0.25) is 9.44 Å². The molecule has 2 saturated carbocycles. The van der Waals surface area contributed by atoms with Crippen LogP contribution in [0.1, 0.15) is 122 Å². The normalized spacial score (nSPS) is 16.8. The number of anilines is 3. The average molecular weight is 1890 g/mol. The van der Waals surface area contributed by atoms with Crippen LogP contribution in [0.3, 0.4) is 0 Å².